The highest BCUT2D eigenvalue weighted by molar-refractivity contribution is 6.31. The van der Waals surface area contributed by atoms with E-state index in [1.54, 1.807) is 11.7 Å². The van der Waals surface area contributed by atoms with E-state index in [2.05, 4.69) is 27.3 Å². The maximum Gasteiger partial charge on any atom is 0.244 e. The summed E-state index contributed by atoms with van der Waals surface area (Å²) in [5, 5.41) is 7.64. The zero-order chi connectivity index (χ0) is 13.8. The van der Waals surface area contributed by atoms with Gasteiger partial charge < -0.3 is 10.1 Å². The average Bonchev–Trinajstić information content (AvgIpc) is 2.69. The van der Waals surface area contributed by atoms with Crippen LogP contribution >= 0.6 is 11.6 Å². The number of anilines is 1. The van der Waals surface area contributed by atoms with Gasteiger partial charge >= 0.3 is 0 Å². The SMILES string of the molecule is CCCNc1ncc(Cl)c(Oc2cc(C)nn2C)n1. The molecular formula is C12H16ClN5O. The number of nitrogens with zero attached hydrogens (tertiary/aromatic N) is 4. The van der Waals surface area contributed by atoms with E-state index < -0.39 is 0 Å². The molecule has 0 aromatic carbocycles. The predicted octanol–water partition coefficient (Wildman–Crippen LogP) is 2.79. The van der Waals surface area contributed by atoms with Gasteiger partial charge in [0.05, 0.1) is 11.9 Å². The molecule has 0 amide bonds. The first kappa shape index (κ1) is 13.6. The van der Waals surface area contributed by atoms with Gasteiger partial charge in [-0.05, 0) is 13.3 Å². The maximum atomic E-state index is 6.03. The van der Waals surface area contributed by atoms with Crippen LogP contribution in [0.4, 0.5) is 5.95 Å². The standard InChI is InChI=1S/C12H16ClN5O/c1-4-5-14-12-15-7-9(13)11(16-12)19-10-6-8(2)17-18(10)3/h6-7H,4-5H2,1-3H3,(H,14,15,16). The summed E-state index contributed by atoms with van der Waals surface area (Å²) in [6.45, 7) is 4.76. The smallest absolute Gasteiger partial charge is 0.244 e. The van der Waals surface area contributed by atoms with E-state index in [9.17, 15) is 0 Å². The molecule has 1 N–H and O–H groups in total. The maximum absolute atomic E-state index is 6.03. The predicted molar refractivity (Wildman–Crippen MR) is 73.8 cm³/mol. The minimum Gasteiger partial charge on any atom is -0.419 e. The quantitative estimate of drug-likeness (QED) is 0.913. The van der Waals surface area contributed by atoms with Crippen LogP contribution in [0.1, 0.15) is 19.0 Å². The lowest BCUT2D eigenvalue weighted by molar-refractivity contribution is 0.415. The van der Waals surface area contributed by atoms with Gasteiger partial charge in [-0.15, -0.1) is 0 Å². The molecule has 2 rings (SSSR count). The Morgan fingerprint density at radius 3 is 2.89 bits per heavy atom. The van der Waals surface area contributed by atoms with Gasteiger partial charge in [-0.25, -0.2) is 9.67 Å². The molecule has 0 unspecified atom stereocenters. The van der Waals surface area contributed by atoms with Crippen LogP contribution in [0, 0.1) is 6.92 Å². The molecule has 0 fully saturated rings. The number of hydrogen-bond donors (Lipinski definition) is 1. The Kier molecular flexibility index (Phi) is 4.21. The molecule has 0 spiro atoms. The fourth-order valence-corrected chi connectivity index (χ4v) is 1.66. The Labute approximate surface area is 116 Å². The van der Waals surface area contributed by atoms with Gasteiger partial charge in [0, 0.05) is 19.7 Å². The highest BCUT2D eigenvalue weighted by Gasteiger charge is 2.11. The van der Waals surface area contributed by atoms with Crippen molar-refractivity contribution in [3.8, 4) is 11.8 Å². The summed E-state index contributed by atoms with van der Waals surface area (Å²) in [4.78, 5) is 8.33. The topological polar surface area (TPSA) is 64.9 Å². The third kappa shape index (κ3) is 3.35. The van der Waals surface area contributed by atoms with Gasteiger partial charge in [0.25, 0.3) is 0 Å². The number of halogens is 1. The Balaban J connectivity index is 2.21. The van der Waals surface area contributed by atoms with E-state index in [4.69, 9.17) is 16.3 Å². The van der Waals surface area contributed by atoms with Crippen molar-refractivity contribution in [1.29, 1.82) is 0 Å². The lowest BCUT2D eigenvalue weighted by atomic mass is 10.5. The molecule has 7 heteroatoms. The van der Waals surface area contributed by atoms with Crippen molar-refractivity contribution in [1.82, 2.24) is 19.7 Å². The van der Waals surface area contributed by atoms with Crippen molar-refractivity contribution < 1.29 is 4.74 Å². The summed E-state index contributed by atoms with van der Waals surface area (Å²) < 4.78 is 7.29. The first-order valence-corrected chi connectivity index (χ1v) is 6.43. The molecule has 0 aliphatic carbocycles. The van der Waals surface area contributed by atoms with Gasteiger partial charge in [-0.3, -0.25) is 0 Å². The molecule has 6 nitrogen and oxygen atoms in total. The highest BCUT2D eigenvalue weighted by atomic mass is 35.5. The van der Waals surface area contributed by atoms with Crippen molar-refractivity contribution in [3.05, 3.63) is 23.0 Å². The highest BCUT2D eigenvalue weighted by Crippen LogP contribution is 2.27. The van der Waals surface area contributed by atoms with E-state index in [0.29, 0.717) is 22.7 Å². The van der Waals surface area contributed by atoms with Crippen LogP contribution in [0.25, 0.3) is 0 Å². The molecule has 0 radical (unpaired) electrons. The fourth-order valence-electron chi connectivity index (χ4n) is 1.53. The van der Waals surface area contributed by atoms with Crippen LogP contribution in [-0.2, 0) is 7.05 Å². The largest absolute Gasteiger partial charge is 0.419 e. The van der Waals surface area contributed by atoms with E-state index in [1.807, 2.05) is 13.0 Å². The van der Waals surface area contributed by atoms with Gasteiger partial charge in [0.1, 0.15) is 5.02 Å². The van der Waals surface area contributed by atoms with Gasteiger partial charge in [-0.2, -0.15) is 10.1 Å². The summed E-state index contributed by atoms with van der Waals surface area (Å²) in [5.41, 5.74) is 0.868. The molecule has 0 atom stereocenters. The first-order chi connectivity index (χ1) is 9.10. The molecule has 2 heterocycles. The van der Waals surface area contributed by atoms with Gasteiger partial charge in [-0.1, -0.05) is 18.5 Å². The third-order valence-electron chi connectivity index (χ3n) is 2.41. The number of aromatic nitrogens is 4. The average molecular weight is 282 g/mol. The monoisotopic (exact) mass is 281 g/mol. The van der Waals surface area contributed by atoms with Crippen LogP contribution < -0.4 is 10.1 Å². The van der Waals surface area contributed by atoms with Crippen molar-refractivity contribution in [3.63, 3.8) is 0 Å². The fraction of sp³-hybridized carbons (Fsp3) is 0.417. The lowest BCUT2D eigenvalue weighted by Crippen LogP contribution is -2.05. The number of rotatable bonds is 5. The Bertz CT molecular complexity index is 569. The molecule has 2 aromatic heterocycles. The molecule has 102 valence electrons. The van der Waals surface area contributed by atoms with Crippen LogP contribution in [0.3, 0.4) is 0 Å². The van der Waals surface area contributed by atoms with Crippen molar-refractivity contribution in [2.45, 2.75) is 20.3 Å². The second-order valence-corrected chi connectivity index (χ2v) is 4.53. The number of hydrogen-bond acceptors (Lipinski definition) is 5. The Morgan fingerprint density at radius 2 is 2.26 bits per heavy atom. The molecule has 0 saturated carbocycles. The molecule has 0 bridgehead atoms. The minimum absolute atomic E-state index is 0.318. The summed E-state index contributed by atoms with van der Waals surface area (Å²) in [5.74, 6) is 1.40. The van der Waals surface area contributed by atoms with E-state index in [-0.39, 0.29) is 0 Å². The van der Waals surface area contributed by atoms with Crippen LogP contribution in [0.2, 0.25) is 5.02 Å². The van der Waals surface area contributed by atoms with E-state index >= 15 is 0 Å². The van der Waals surface area contributed by atoms with Crippen LogP contribution in [0.15, 0.2) is 12.3 Å². The van der Waals surface area contributed by atoms with Gasteiger partial charge in [0.2, 0.25) is 17.7 Å². The van der Waals surface area contributed by atoms with Crippen molar-refractivity contribution in [2.24, 2.45) is 7.05 Å². The summed E-state index contributed by atoms with van der Waals surface area (Å²) >= 11 is 6.03. The normalized spacial score (nSPS) is 10.5. The minimum atomic E-state index is 0.318. The molecule has 19 heavy (non-hydrogen) atoms. The van der Waals surface area contributed by atoms with E-state index in [1.165, 1.54) is 6.20 Å². The number of nitrogens with one attached hydrogen (secondary N) is 1. The van der Waals surface area contributed by atoms with Crippen molar-refractivity contribution in [2.75, 3.05) is 11.9 Å². The Hall–Kier alpha value is -1.82. The zero-order valence-electron chi connectivity index (χ0n) is 11.1. The first-order valence-electron chi connectivity index (χ1n) is 6.05. The van der Waals surface area contributed by atoms with Crippen LogP contribution in [-0.4, -0.2) is 26.3 Å². The molecule has 0 saturated heterocycles. The summed E-state index contributed by atoms with van der Waals surface area (Å²) in [6, 6.07) is 1.82. The third-order valence-corrected chi connectivity index (χ3v) is 2.66. The molecular weight excluding hydrogens is 266 g/mol. The molecule has 0 aliphatic heterocycles. The zero-order valence-corrected chi connectivity index (χ0v) is 11.9. The summed E-state index contributed by atoms with van der Waals surface area (Å²) in [7, 11) is 1.80. The second-order valence-electron chi connectivity index (χ2n) is 4.12. The van der Waals surface area contributed by atoms with E-state index in [0.717, 1.165) is 18.7 Å². The number of aryl methyl sites for hydroxylation is 2. The molecule has 0 aliphatic rings. The molecule has 2 aromatic rings. The van der Waals surface area contributed by atoms with Gasteiger partial charge in [0.15, 0.2) is 0 Å². The second kappa shape index (κ2) is 5.88. The lowest BCUT2D eigenvalue weighted by Gasteiger charge is -2.08. The Morgan fingerprint density at radius 1 is 1.47 bits per heavy atom. The van der Waals surface area contributed by atoms with Crippen LogP contribution in [0.5, 0.6) is 11.8 Å². The summed E-state index contributed by atoms with van der Waals surface area (Å²) in [6.07, 6.45) is 2.51. The van der Waals surface area contributed by atoms with Crippen molar-refractivity contribution >= 4 is 17.5 Å². The number of ether oxygens (including phenoxy) is 1.